The number of ketones is 1. The number of likely N-dealkylation sites (N-methyl/N-ethyl adjacent to an activating group) is 1. The lowest BCUT2D eigenvalue weighted by molar-refractivity contribution is -0.140. The van der Waals surface area contributed by atoms with E-state index in [1.807, 2.05) is 13.8 Å². The van der Waals surface area contributed by atoms with E-state index in [9.17, 15) is 19.8 Å². The smallest absolute Gasteiger partial charge is 0.295 e. The number of hydrogen-bond acceptors (Lipinski definition) is 5. The van der Waals surface area contributed by atoms with E-state index in [1.54, 1.807) is 36.4 Å². The van der Waals surface area contributed by atoms with E-state index in [0.29, 0.717) is 23.7 Å². The number of rotatable bonds is 7. The average Bonchev–Trinajstić information content (AvgIpc) is 3.00. The van der Waals surface area contributed by atoms with Gasteiger partial charge in [0.15, 0.2) is 0 Å². The molecule has 1 unspecified atom stereocenters. The van der Waals surface area contributed by atoms with Crippen LogP contribution in [-0.4, -0.2) is 57.9 Å². The van der Waals surface area contributed by atoms with Crippen LogP contribution in [-0.2, 0) is 9.59 Å². The first-order valence-electron chi connectivity index (χ1n) is 9.93. The predicted molar refractivity (Wildman–Crippen MR) is 116 cm³/mol. The van der Waals surface area contributed by atoms with Gasteiger partial charge in [-0.05, 0) is 42.9 Å². The lowest BCUT2D eigenvalue weighted by atomic mass is 9.95. The molecule has 1 atom stereocenters. The fraction of sp³-hybridized carbons (Fsp3) is 0.304. The molecule has 3 rings (SSSR count). The quantitative estimate of drug-likeness (QED) is 0.398. The highest BCUT2D eigenvalue weighted by Gasteiger charge is 2.46. The maximum Gasteiger partial charge on any atom is 0.295 e. The molecule has 0 aliphatic carbocycles. The van der Waals surface area contributed by atoms with Gasteiger partial charge in [-0.25, -0.2) is 0 Å². The molecule has 1 heterocycles. The molecule has 0 aromatic heterocycles. The van der Waals surface area contributed by atoms with E-state index in [1.165, 1.54) is 17.0 Å². The van der Waals surface area contributed by atoms with Crippen molar-refractivity contribution in [2.45, 2.75) is 19.9 Å². The van der Waals surface area contributed by atoms with Crippen molar-refractivity contribution < 1.29 is 19.8 Å². The van der Waals surface area contributed by atoms with Crippen LogP contribution in [0.15, 0.2) is 54.1 Å². The first-order valence-corrected chi connectivity index (χ1v) is 10.3. The molecule has 2 aromatic carbocycles. The van der Waals surface area contributed by atoms with Gasteiger partial charge in [0.1, 0.15) is 11.5 Å². The number of carbonyl (C=O) groups is 2. The molecule has 1 fully saturated rings. The van der Waals surface area contributed by atoms with Crippen LogP contribution in [0.25, 0.3) is 5.76 Å². The number of amides is 1. The van der Waals surface area contributed by atoms with Crippen LogP contribution in [0.1, 0.15) is 31.0 Å². The van der Waals surface area contributed by atoms with Crippen LogP contribution in [0.4, 0.5) is 0 Å². The Bertz CT molecular complexity index is 967. The fourth-order valence-corrected chi connectivity index (χ4v) is 3.84. The number of phenols is 1. The molecule has 2 N–H and O–H groups in total. The van der Waals surface area contributed by atoms with Crippen LogP contribution in [0, 0.1) is 0 Å². The van der Waals surface area contributed by atoms with Crippen molar-refractivity contribution in [1.29, 1.82) is 0 Å². The van der Waals surface area contributed by atoms with Crippen molar-refractivity contribution in [2.75, 3.05) is 26.2 Å². The molecule has 158 valence electrons. The van der Waals surface area contributed by atoms with Gasteiger partial charge in [0.25, 0.3) is 11.7 Å². The van der Waals surface area contributed by atoms with Crippen LogP contribution in [0.2, 0.25) is 5.02 Å². The molecule has 1 aliphatic rings. The lowest BCUT2D eigenvalue weighted by Gasteiger charge is -2.28. The van der Waals surface area contributed by atoms with Crippen molar-refractivity contribution >= 4 is 29.1 Å². The second kappa shape index (κ2) is 9.32. The number of Topliss-reactive ketones (excluding diaryl/α,β-unsaturated/α-hetero) is 1. The minimum Gasteiger partial charge on any atom is -0.507 e. The summed E-state index contributed by atoms with van der Waals surface area (Å²) >= 11 is 6.02. The number of aromatic hydroxyl groups is 1. The molecule has 0 spiro atoms. The molecule has 7 heteroatoms. The number of carbonyl (C=O) groups excluding carboxylic acids is 2. The zero-order valence-electron chi connectivity index (χ0n) is 17.0. The third-order valence-electron chi connectivity index (χ3n) is 5.44. The molecular formula is C23H25ClN2O4. The zero-order chi connectivity index (χ0) is 21.8. The molecule has 0 radical (unpaired) electrons. The number of aliphatic hydroxyl groups excluding tert-OH is 1. The second-order valence-electron chi connectivity index (χ2n) is 7.09. The molecule has 1 aliphatic heterocycles. The number of aliphatic hydroxyl groups is 1. The Morgan fingerprint density at radius 2 is 1.70 bits per heavy atom. The molecule has 1 saturated heterocycles. The normalized spacial score (nSPS) is 18.4. The van der Waals surface area contributed by atoms with E-state index < -0.39 is 23.5 Å². The second-order valence-corrected chi connectivity index (χ2v) is 7.52. The monoisotopic (exact) mass is 428 g/mol. The molecular weight excluding hydrogens is 404 g/mol. The van der Waals surface area contributed by atoms with E-state index in [4.69, 9.17) is 11.6 Å². The Balaban J connectivity index is 2.11. The van der Waals surface area contributed by atoms with E-state index in [2.05, 4.69) is 4.90 Å². The van der Waals surface area contributed by atoms with Gasteiger partial charge in [0.2, 0.25) is 0 Å². The number of hydrogen-bond donors (Lipinski definition) is 2. The largest absolute Gasteiger partial charge is 0.507 e. The van der Waals surface area contributed by atoms with Crippen molar-refractivity contribution in [3.05, 3.63) is 70.3 Å². The van der Waals surface area contributed by atoms with Gasteiger partial charge < -0.3 is 20.0 Å². The molecule has 30 heavy (non-hydrogen) atoms. The summed E-state index contributed by atoms with van der Waals surface area (Å²) in [6.07, 6.45) is 0. The van der Waals surface area contributed by atoms with E-state index in [-0.39, 0.29) is 16.9 Å². The Hall–Kier alpha value is -2.83. The Morgan fingerprint density at radius 3 is 2.30 bits per heavy atom. The minimum absolute atomic E-state index is 0.0385. The number of nitrogens with zero attached hydrogens (tertiary/aromatic N) is 2. The summed E-state index contributed by atoms with van der Waals surface area (Å²) in [6.45, 7) is 6.64. The number of phenolic OH excluding ortho intramolecular Hbond substituents is 1. The fourth-order valence-electron chi connectivity index (χ4n) is 3.71. The van der Waals surface area contributed by atoms with Crippen LogP contribution >= 0.6 is 11.6 Å². The third-order valence-corrected chi connectivity index (χ3v) is 5.69. The van der Waals surface area contributed by atoms with Gasteiger partial charge in [-0.15, -0.1) is 0 Å². The minimum atomic E-state index is -0.768. The molecule has 0 bridgehead atoms. The summed E-state index contributed by atoms with van der Waals surface area (Å²) in [5, 5.41) is 21.6. The maximum atomic E-state index is 12.9. The molecule has 0 saturated carbocycles. The van der Waals surface area contributed by atoms with Crippen LogP contribution in [0.5, 0.6) is 5.75 Å². The van der Waals surface area contributed by atoms with Crippen LogP contribution < -0.4 is 0 Å². The van der Waals surface area contributed by atoms with Crippen molar-refractivity contribution in [3.8, 4) is 5.75 Å². The molecule has 6 nitrogen and oxygen atoms in total. The van der Waals surface area contributed by atoms with Crippen molar-refractivity contribution in [1.82, 2.24) is 9.80 Å². The van der Waals surface area contributed by atoms with Gasteiger partial charge >= 0.3 is 0 Å². The van der Waals surface area contributed by atoms with Gasteiger partial charge in [0.05, 0.1) is 17.2 Å². The SMILES string of the molecule is CCN(CC)CCN1C(=O)C(=O)/C(=C(/O)c2ccccc2O)C1c1ccc(Cl)cc1. The molecule has 2 aromatic rings. The Labute approximate surface area is 181 Å². The van der Waals surface area contributed by atoms with Gasteiger partial charge in [-0.3, -0.25) is 9.59 Å². The highest BCUT2D eigenvalue weighted by atomic mass is 35.5. The number of para-hydroxylation sites is 1. The first kappa shape index (κ1) is 21.9. The van der Waals surface area contributed by atoms with Crippen molar-refractivity contribution in [3.63, 3.8) is 0 Å². The summed E-state index contributed by atoms with van der Waals surface area (Å²) in [6, 6.07) is 12.3. The standard InChI is InChI=1S/C23H25ClN2O4/c1-3-25(4-2)13-14-26-20(15-9-11-16(24)12-10-15)19(22(29)23(26)30)21(28)17-7-5-6-8-18(17)27/h5-12,20,27-28H,3-4,13-14H2,1-2H3/b21-19+. The van der Waals surface area contributed by atoms with Gasteiger partial charge in [-0.2, -0.15) is 0 Å². The molecule has 1 amide bonds. The number of halogens is 1. The summed E-state index contributed by atoms with van der Waals surface area (Å²) < 4.78 is 0. The summed E-state index contributed by atoms with van der Waals surface area (Å²) in [5.74, 6) is -2.00. The average molecular weight is 429 g/mol. The van der Waals surface area contributed by atoms with Crippen molar-refractivity contribution in [2.24, 2.45) is 0 Å². The predicted octanol–water partition coefficient (Wildman–Crippen LogP) is 3.81. The first-order chi connectivity index (χ1) is 14.4. The summed E-state index contributed by atoms with van der Waals surface area (Å²) in [5.41, 5.74) is 0.733. The number of likely N-dealkylation sites (tertiary alicyclic amines) is 1. The lowest BCUT2D eigenvalue weighted by Crippen LogP contribution is -2.38. The Kier molecular flexibility index (Phi) is 6.80. The van der Waals surface area contributed by atoms with Gasteiger partial charge in [-0.1, -0.05) is 49.7 Å². The summed E-state index contributed by atoms with van der Waals surface area (Å²) in [7, 11) is 0. The van der Waals surface area contributed by atoms with E-state index >= 15 is 0 Å². The van der Waals surface area contributed by atoms with Gasteiger partial charge in [0, 0.05) is 18.1 Å². The zero-order valence-corrected chi connectivity index (χ0v) is 17.8. The highest BCUT2D eigenvalue weighted by molar-refractivity contribution is 6.46. The third kappa shape index (κ3) is 4.20. The number of benzene rings is 2. The summed E-state index contributed by atoms with van der Waals surface area (Å²) in [4.78, 5) is 29.5. The Morgan fingerprint density at radius 1 is 1.07 bits per heavy atom. The van der Waals surface area contributed by atoms with E-state index in [0.717, 1.165) is 13.1 Å². The maximum absolute atomic E-state index is 12.9. The highest BCUT2D eigenvalue weighted by Crippen LogP contribution is 2.40. The topological polar surface area (TPSA) is 81.1 Å². The van der Waals surface area contributed by atoms with Crippen LogP contribution in [0.3, 0.4) is 0 Å².